The largest absolute Gasteiger partial charge is 0.491 e. The van der Waals surface area contributed by atoms with E-state index in [1.807, 2.05) is 26.0 Å². The van der Waals surface area contributed by atoms with Crippen molar-refractivity contribution in [3.8, 4) is 5.75 Å². The van der Waals surface area contributed by atoms with E-state index >= 15 is 0 Å². The first-order valence-corrected chi connectivity index (χ1v) is 5.76. The molecule has 0 heterocycles. The van der Waals surface area contributed by atoms with Gasteiger partial charge in [0.25, 0.3) is 0 Å². The van der Waals surface area contributed by atoms with Gasteiger partial charge in [-0.3, -0.25) is 0 Å². The number of rotatable bonds is 3. The molecule has 0 atom stereocenters. The van der Waals surface area contributed by atoms with Gasteiger partial charge in [0.2, 0.25) is 0 Å². The van der Waals surface area contributed by atoms with Crippen molar-refractivity contribution >= 4 is 15.9 Å². The summed E-state index contributed by atoms with van der Waals surface area (Å²) in [6, 6.07) is 6.17. The summed E-state index contributed by atoms with van der Waals surface area (Å²) in [5.41, 5.74) is 1.26. The Labute approximate surface area is 94.6 Å². The first-order chi connectivity index (χ1) is 6.50. The lowest BCUT2D eigenvalue weighted by Gasteiger charge is -2.16. The number of hydrogen-bond acceptors (Lipinski definition) is 1. The summed E-state index contributed by atoms with van der Waals surface area (Å²) < 4.78 is 6.85. The van der Waals surface area contributed by atoms with Crippen molar-refractivity contribution in [3.05, 3.63) is 28.2 Å². The lowest BCUT2D eigenvalue weighted by atomic mass is 10.0. The summed E-state index contributed by atoms with van der Waals surface area (Å²) in [5.74, 6) is 1.49. The van der Waals surface area contributed by atoms with Gasteiger partial charge in [-0.15, -0.1) is 0 Å². The molecule has 1 nitrogen and oxygen atoms in total. The third-order valence-electron chi connectivity index (χ3n) is 1.96. The Hall–Kier alpha value is -0.500. The van der Waals surface area contributed by atoms with Crippen LogP contribution in [0.2, 0.25) is 0 Å². The van der Waals surface area contributed by atoms with Crippen LogP contribution in [0.1, 0.15) is 39.2 Å². The van der Waals surface area contributed by atoms with Crippen molar-refractivity contribution in [1.29, 1.82) is 0 Å². The van der Waals surface area contributed by atoms with Gasteiger partial charge in [0.1, 0.15) is 5.75 Å². The van der Waals surface area contributed by atoms with Crippen LogP contribution in [0.25, 0.3) is 0 Å². The molecule has 78 valence electrons. The van der Waals surface area contributed by atoms with Crippen LogP contribution < -0.4 is 4.74 Å². The van der Waals surface area contributed by atoms with Gasteiger partial charge in [-0.25, -0.2) is 0 Å². The van der Waals surface area contributed by atoms with E-state index < -0.39 is 0 Å². The molecule has 0 saturated carbocycles. The zero-order valence-corrected chi connectivity index (χ0v) is 10.8. The van der Waals surface area contributed by atoms with Gasteiger partial charge in [-0.2, -0.15) is 0 Å². The molecule has 0 saturated heterocycles. The smallest absolute Gasteiger partial charge is 0.123 e. The lowest BCUT2D eigenvalue weighted by Crippen LogP contribution is -2.08. The molecular weight excluding hydrogens is 240 g/mol. The van der Waals surface area contributed by atoms with Gasteiger partial charge in [0, 0.05) is 4.47 Å². The topological polar surface area (TPSA) is 9.23 Å². The standard InChI is InChI=1S/C12H17BrO/c1-8(2)11-7-10(13)5-6-12(11)14-9(3)4/h5-9H,1-4H3. The fourth-order valence-electron chi connectivity index (χ4n) is 1.33. The molecule has 0 N–H and O–H groups in total. The third kappa shape index (κ3) is 3.02. The van der Waals surface area contributed by atoms with E-state index in [0.717, 1.165) is 10.2 Å². The average molecular weight is 257 g/mol. The van der Waals surface area contributed by atoms with E-state index in [1.165, 1.54) is 5.56 Å². The van der Waals surface area contributed by atoms with E-state index in [2.05, 4.69) is 35.8 Å². The van der Waals surface area contributed by atoms with E-state index in [0.29, 0.717) is 5.92 Å². The first-order valence-electron chi connectivity index (χ1n) is 4.96. The number of ether oxygens (including phenoxy) is 1. The van der Waals surface area contributed by atoms with Gasteiger partial charge in [-0.1, -0.05) is 29.8 Å². The normalized spacial score (nSPS) is 11.1. The Morgan fingerprint density at radius 2 is 1.79 bits per heavy atom. The molecule has 0 aliphatic heterocycles. The number of benzene rings is 1. The molecule has 0 spiro atoms. The monoisotopic (exact) mass is 256 g/mol. The Morgan fingerprint density at radius 1 is 1.14 bits per heavy atom. The minimum atomic E-state index is 0.230. The molecular formula is C12H17BrO. The first kappa shape index (κ1) is 11.6. The molecule has 0 aromatic heterocycles. The second-order valence-electron chi connectivity index (χ2n) is 4.00. The molecule has 14 heavy (non-hydrogen) atoms. The minimum absolute atomic E-state index is 0.230. The molecule has 0 fully saturated rings. The number of halogens is 1. The van der Waals surface area contributed by atoms with Gasteiger partial charge >= 0.3 is 0 Å². The Bertz CT molecular complexity index is 305. The van der Waals surface area contributed by atoms with E-state index in [-0.39, 0.29) is 6.10 Å². The Morgan fingerprint density at radius 3 is 2.29 bits per heavy atom. The second-order valence-corrected chi connectivity index (χ2v) is 4.92. The molecule has 0 radical (unpaired) electrons. The van der Waals surface area contributed by atoms with E-state index in [9.17, 15) is 0 Å². The fourth-order valence-corrected chi connectivity index (χ4v) is 1.71. The van der Waals surface area contributed by atoms with Gasteiger partial charge in [0.15, 0.2) is 0 Å². The third-order valence-corrected chi connectivity index (χ3v) is 2.45. The molecule has 2 heteroatoms. The summed E-state index contributed by atoms with van der Waals surface area (Å²) in [5, 5.41) is 0. The summed E-state index contributed by atoms with van der Waals surface area (Å²) in [6.45, 7) is 8.45. The quantitative estimate of drug-likeness (QED) is 0.781. The van der Waals surface area contributed by atoms with Crippen LogP contribution in [-0.4, -0.2) is 6.10 Å². The van der Waals surface area contributed by atoms with Crippen LogP contribution in [0.5, 0.6) is 5.75 Å². The zero-order valence-electron chi connectivity index (χ0n) is 9.17. The summed E-state index contributed by atoms with van der Waals surface area (Å²) in [4.78, 5) is 0. The maximum absolute atomic E-state index is 5.74. The molecule has 0 amide bonds. The molecule has 0 bridgehead atoms. The van der Waals surface area contributed by atoms with Gasteiger partial charge in [0.05, 0.1) is 6.10 Å². The lowest BCUT2D eigenvalue weighted by molar-refractivity contribution is 0.239. The summed E-state index contributed by atoms with van der Waals surface area (Å²) >= 11 is 3.48. The van der Waals surface area contributed by atoms with Crippen LogP contribution in [-0.2, 0) is 0 Å². The van der Waals surface area contributed by atoms with E-state index in [1.54, 1.807) is 0 Å². The highest BCUT2D eigenvalue weighted by atomic mass is 79.9. The predicted octanol–water partition coefficient (Wildman–Crippen LogP) is 4.36. The highest BCUT2D eigenvalue weighted by Gasteiger charge is 2.09. The Balaban J connectivity index is 3.02. The molecule has 0 aliphatic carbocycles. The maximum atomic E-state index is 5.74. The average Bonchev–Trinajstić information content (AvgIpc) is 2.07. The van der Waals surface area contributed by atoms with Crippen molar-refractivity contribution in [2.75, 3.05) is 0 Å². The molecule has 1 aromatic rings. The fraction of sp³-hybridized carbons (Fsp3) is 0.500. The van der Waals surface area contributed by atoms with Crippen molar-refractivity contribution in [2.24, 2.45) is 0 Å². The maximum Gasteiger partial charge on any atom is 0.123 e. The van der Waals surface area contributed by atoms with Crippen molar-refractivity contribution in [1.82, 2.24) is 0 Å². The van der Waals surface area contributed by atoms with Gasteiger partial charge in [-0.05, 0) is 43.5 Å². The number of hydrogen-bond donors (Lipinski definition) is 0. The molecule has 0 aliphatic rings. The van der Waals surface area contributed by atoms with Crippen LogP contribution >= 0.6 is 15.9 Å². The second kappa shape index (κ2) is 4.83. The van der Waals surface area contributed by atoms with Crippen LogP contribution in [0, 0.1) is 0 Å². The minimum Gasteiger partial charge on any atom is -0.491 e. The van der Waals surface area contributed by atoms with E-state index in [4.69, 9.17) is 4.74 Å². The van der Waals surface area contributed by atoms with Crippen LogP contribution in [0.3, 0.4) is 0 Å². The molecule has 0 unspecified atom stereocenters. The van der Waals surface area contributed by atoms with Crippen molar-refractivity contribution in [3.63, 3.8) is 0 Å². The molecule has 1 aromatic carbocycles. The van der Waals surface area contributed by atoms with Crippen LogP contribution in [0.4, 0.5) is 0 Å². The SMILES string of the molecule is CC(C)Oc1ccc(Br)cc1C(C)C. The zero-order chi connectivity index (χ0) is 10.7. The Kier molecular flexibility index (Phi) is 3.99. The highest BCUT2D eigenvalue weighted by molar-refractivity contribution is 9.10. The summed E-state index contributed by atoms with van der Waals surface area (Å²) in [7, 11) is 0. The predicted molar refractivity (Wildman–Crippen MR) is 64.0 cm³/mol. The van der Waals surface area contributed by atoms with Crippen LogP contribution in [0.15, 0.2) is 22.7 Å². The van der Waals surface area contributed by atoms with Crippen molar-refractivity contribution in [2.45, 2.75) is 39.7 Å². The van der Waals surface area contributed by atoms with Gasteiger partial charge < -0.3 is 4.74 Å². The molecule has 1 rings (SSSR count). The highest BCUT2D eigenvalue weighted by Crippen LogP contribution is 2.30. The van der Waals surface area contributed by atoms with Crippen molar-refractivity contribution < 1.29 is 4.74 Å². The summed E-state index contributed by atoms with van der Waals surface area (Å²) in [6.07, 6.45) is 0.230.